The standard InChI is InChI=1S/C16H17ClFN3/c1-9-13(8-19-12-4-5-12)10(2)21-16(20-9)11-3-6-15(18)14(17)7-11/h3,6-7,12,19H,4-5,8H2,1-2H3. The van der Waals surface area contributed by atoms with Crippen LogP contribution in [0.2, 0.25) is 5.02 Å². The minimum absolute atomic E-state index is 0.0888. The lowest BCUT2D eigenvalue weighted by atomic mass is 10.1. The van der Waals surface area contributed by atoms with E-state index in [2.05, 4.69) is 15.3 Å². The van der Waals surface area contributed by atoms with Crippen molar-refractivity contribution in [1.29, 1.82) is 0 Å². The fourth-order valence-corrected chi connectivity index (χ4v) is 2.47. The van der Waals surface area contributed by atoms with Crippen molar-refractivity contribution in [2.75, 3.05) is 0 Å². The van der Waals surface area contributed by atoms with E-state index in [0.29, 0.717) is 11.9 Å². The minimum atomic E-state index is -0.431. The van der Waals surface area contributed by atoms with E-state index in [1.165, 1.54) is 18.9 Å². The first kappa shape index (κ1) is 14.4. The Kier molecular flexibility index (Phi) is 3.91. The van der Waals surface area contributed by atoms with Crippen LogP contribution in [0.5, 0.6) is 0 Å². The van der Waals surface area contributed by atoms with Gasteiger partial charge in [-0.15, -0.1) is 0 Å². The molecule has 2 aromatic rings. The van der Waals surface area contributed by atoms with Crippen LogP contribution in [0.3, 0.4) is 0 Å². The molecule has 1 aliphatic rings. The van der Waals surface area contributed by atoms with Gasteiger partial charge in [0.05, 0.1) is 5.02 Å². The highest BCUT2D eigenvalue weighted by Gasteiger charge is 2.21. The number of aryl methyl sites for hydroxylation is 2. The molecule has 21 heavy (non-hydrogen) atoms. The number of halogens is 2. The molecule has 0 bridgehead atoms. The number of hydrogen-bond donors (Lipinski definition) is 1. The summed E-state index contributed by atoms with van der Waals surface area (Å²) in [4.78, 5) is 9.08. The molecule has 0 unspecified atom stereocenters. The first-order valence-corrected chi connectivity index (χ1v) is 7.45. The van der Waals surface area contributed by atoms with Gasteiger partial charge in [-0.1, -0.05) is 11.6 Å². The molecule has 0 amide bonds. The Balaban J connectivity index is 1.90. The predicted octanol–water partition coefficient (Wildman–Crippen LogP) is 3.80. The van der Waals surface area contributed by atoms with Gasteiger partial charge in [0.15, 0.2) is 5.82 Å². The smallest absolute Gasteiger partial charge is 0.159 e. The molecule has 1 saturated carbocycles. The third kappa shape index (κ3) is 3.22. The van der Waals surface area contributed by atoms with Gasteiger partial charge in [-0.25, -0.2) is 14.4 Å². The van der Waals surface area contributed by atoms with Crippen molar-refractivity contribution in [3.63, 3.8) is 0 Å². The van der Waals surface area contributed by atoms with Crippen LogP contribution in [0, 0.1) is 19.7 Å². The van der Waals surface area contributed by atoms with Crippen LogP contribution in [0.25, 0.3) is 11.4 Å². The Labute approximate surface area is 128 Å². The van der Waals surface area contributed by atoms with Crippen molar-refractivity contribution in [3.05, 3.63) is 46.0 Å². The molecule has 0 aliphatic heterocycles. The highest BCUT2D eigenvalue weighted by Crippen LogP contribution is 2.25. The molecule has 1 heterocycles. The molecule has 1 aromatic heterocycles. The number of benzene rings is 1. The molecule has 1 N–H and O–H groups in total. The predicted molar refractivity (Wildman–Crippen MR) is 81.8 cm³/mol. The molecular weight excluding hydrogens is 289 g/mol. The summed E-state index contributed by atoms with van der Waals surface area (Å²) < 4.78 is 13.2. The Morgan fingerprint density at radius 1 is 1.24 bits per heavy atom. The van der Waals surface area contributed by atoms with Gasteiger partial charge in [-0.2, -0.15) is 0 Å². The quantitative estimate of drug-likeness (QED) is 0.933. The SMILES string of the molecule is Cc1nc(-c2ccc(F)c(Cl)c2)nc(C)c1CNC1CC1. The minimum Gasteiger partial charge on any atom is -0.310 e. The van der Waals surface area contributed by atoms with Crippen LogP contribution >= 0.6 is 11.6 Å². The maximum Gasteiger partial charge on any atom is 0.159 e. The van der Waals surface area contributed by atoms with Crippen molar-refractivity contribution in [3.8, 4) is 11.4 Å². The van der Waals surface area contributed by atoms with E-state index in [1.54, 1.807) is 12.1 Å². The monoisotopic (exact) mass is 305 g/mol. The zero-order chi connectivity index (χ0) is 15.0. The second-order valence-electron chi connectivity index (χ2n) is 5.48. The Hall–Kier alpha value is -1.52. The summed E-state index contributed by atoms with van der Waals surface area (Å²) in [5.41, 5.74) is 3.77. The number of nitrogens with zero attached hydrogens (tertiary/aromatic N) is 2. The summed E-state index contributed by atoms with van der Waals surface area (Å²) in [5, 5.41) is 3.57. The zero-order valence-electron chi connectivity index (χ0n) is 12.1. The maximum atomic E-state index is 13.2. The molecule has 0 radical (unpaired) electrons. The first-order chi connectivity index (χ1) is 10.0. The lowest BCUT2D eigenvalue weighted by Gasteiger charge is -2.12. The van der Waals surface area contributed by atoms with Crippen LogP contribution < -0.4 is 5.32 Å². The number of nitrogens with one attached hydrogen (secondary N) is 1. The molecule has 0 spiro atoms. The van der Waals surface area contributed by atoms with E-state index >= 15 is 0 Å². The maximum absolute atomic E-state index is 13.2. The lowest BCUT2D eigenvalue weighted by Crippen LogP contribution is -2.18. The van der Waals surface area contributed by atoms with Crippen LogP contribution in [0.4, 0.5) is 4.39 Å². The van der Waals surface area contributed by atoms with Gasteiger partial charge in [0.2, 0.25) is 0 Å². The van der Waals surface area contributed by atoms with Gasteiger partial charge in [-0.3, -0.25) is 0 Å². The molecule has 110 valence electrons. The number of rotatable bonds is 4. The van der Waals surface area contributed by atoms with Crippen LogP contribution in [0.15, 0.2) is 18.2 Å². The van der Waals surface area contributed by atoms with Crippen LogP contribution in [-0.2, 0) is 6.54 Å². The average molecular weight is 306 g/mol. The van der Waals surface area contributed by atoms with Gasteiger partial charge in [-0.05, 0) is 44.9 Å². The Bertz CT molecular complexity index is 660. The third-order valence-corrected chi connectivity index (χ3v) is 4.03. The normalized spacial score (nSPS) is 14.5. The van der Waals surface area contributed by atoms with E-state index in [1.807, 2.05) is 13.8 Å². The fourth-order valence-electron chi connectivity index (χ4n) is 2.29. The topological polar surface area (TPSA) is 37.8 Å². The first-order valence-electron chi connectivity index (χ1n) is 7.07. The van der Waals surface area contributed by atoms with Crippen molar-refractivity contribution in [1.82, 2.24) is 15.3 Å². The zero-order valence-corrected chi connectivity index (χ0v) is 12.8. The molecule has 3 nitrogen and oxygen atoms in total. The summed E-state index contributed by atoms with van der Waals surface area (Å²) in [6.07, 6.45) is 2.51. The van der Waals surface area contributed by atoms with E-state index in [0.717, 1.165) is 29.1 Å². The highest BCUT2D eigenvalue weighted by molar-refractivity contribution is 6.31. The van der Waals surface area contributed by atoms with Gasteiger partial charge < -0.3 is 5.32 Å². The second kappa shape index (κ2) is 5.70. The molecular formula is C16H17ClFN3. The summed E-state index contributed by atoms with van der Waals surface area (Å²) in [6.45, 7) is 4.76. The van der Waals surface area contributed by atoms with Gasteiger partial charge in [0, 0.05) is 35.1 Å². The Morgan fingerprint density at radius 2 is 1.90 bits per heavy atom. The van der Waals surface area contributed by atoms with Gasteiger partial charge in [0.25, 0.3) is 0 Å². The van der Waals surface area contributed by atoms with Crippen LogP contribution in [0.1, 0.15) is 29.8 Å². The van der Waals surface area contributed by atoms with E-state index < -0.39 is 5.82 Å². The van der Waals surface area contributed by atoms with Crippen molar-refractivity contribution < 1.29 is 4.39 Å². The lowest BCUT2D eigenvalue weighted by molar-refractivity contribution is 0.628. The van der Waals surface area contributed by atoms with E-state index in [-0.39, 0.29) is 5.02 Å². The number of aromatic nitrogens is 2. The van der Waals surface area contributed by atoms with E-state index in [9.17, 15) is 4.39 Å². The summed E-state index contributed by atoms with van der Waals surface area (Å²) >= 11 is 5.83. The second-order valence-corrected chi connectivity index (χ2v) is 5.89. The molecule has 5 heteroatoms. The Morgan fingerprint density at radius 3 is 2.48 bits per heavy atom. The molecule has 0 atom stereocenters. The fraction of sp³-hybridized carbons (Fsp3) is 0.375. The largest absolute Gasteiger partial charge is 0.310 e. The van der Waals surface area contributed by atoms with Crippen molar-refractivity contribution >= 4 is 11.6 Å². The molecule has 1 aliphatic carbocycles. The molecule has 3 rings (SSSR count). The van der Waals surface area contributed by atoms with Crippen molar-refractivity contribution in [2.24, 2.45) is 0 Å². The average Bonchev–Trinajstić information content (AvgIpc) is 3.25. The van der Waals surface area contributed by atoms with Gasteiger partial charge in [0.1, 0.15) is 5.82 Å². The number of hydrogen-bond acceptors (Lipinski definition) is 3. The summed E-state index contributed by atoms with van der Waals surface area (Å²) in [5.74, 6) is 0.154. The van der Waals surface area contributed by atoms with E-state index in [4.69, 9.17) is 11.6 Å². The highest BCUT2D eigenvalue weighted by atomic mass is 35.5. The van der Waals surface area contributed by atoms with Gasteiger partial charge >= 0.3 is 0 Å². The molecule has 1 aromatic carbocycles. The third-order valence-electron chi connectivity index (χ3n) is 3.74. The van der Waals surface area contributed by atoms with Crippen molar-refractivity contribution in [2.45, 2.75) is 39.3 Å². The summed E-state index contributed by atoms with van der Waals surface area (Å²) in [6, 6.07) is 5.21. The molecule has 1 fully saturated rings. The van der Waals surface area contributed by atoms with Crippen LogP contribution in [-0.4, -0.2) is 16.0 Å². The molecule has 0 saturated heterocycles. The summed E-state index contributed by atoms with van der Waals surface area (Å²) in [7, 11) is 0.